The zero-order chi connectivity index (χ0) is 12.7. The van der Waals surface area contributed by atoms with Crippen molar-refractivity contribution in [1.82, 2.24) is 4.90 Å². The first-order valence-corrected chi connectivity index (χ1v) is 7.11. The third-order valence-electron chi connectivity index (χ3n) is 4.22. The minimum atomic E-state index is 0.347. The second-order valence-electron chi connectivity index (χ2n) is 5.37. The van der Waals surface area contributed by atoms with Crippen molar-refractivity contribution in [3.05, 3.63) is 23.8 Å². The monoisotopic (exact) mass is 258 g/mol. The SMILES string of the molecule is c1cc2c(cc1C1CCCN1C1=NCCC1)OCO2. The normalized spacial score (nSPS) is 24.9. The molecule has 1 saturated heterocycles. The summed E-state index contributed by atoms with van der Waals surface area (Å²) in [6, 6.07) is 6.81. The van der Waals surface area contributed by atoms with Crippen LogP contribution < -0.4 is 9.47 Å². The van der Waals surface area contributed by atoms with Gasteiger partial charge in [0.1, 0.15) is 0 Å². The zero-order valence-electron chi connectivity index (χ0n) is 11.0. The molecule has 0 aromatic heterocycles. The molecular formula is C15H18N2O2. The summed E-state index contributed by atoms with van der Waals surface area (Å²) in [5.41, 5.74) is 1.33. The fourth-order valence-electron chi connectivity index (χ4n) is 3.30. The van der Waals surface area contributed by atoms with Gasteiger partial charge < -0.3 is 14.4 Å². The average Bonchev–Trinajstić information content (AvgIpc) is 3.18. The number of ether oxygens (including phenoxy) is 2. The lowest BCUT2D eigenvalue weighted by Crippen LogP contribution is -2.29. The lowest BCUT2D eigenvalue weighted by atomic mass is 10.0. The van der Waals surface area contributed by atoms with Crippen molar-refractivity contribution < 1.29 is 9.47 Å². The van der Waals surface area contributed by atoms with Crippen LogP contribution in [0, 0.1) is 0 Å². The van der Waals surface area contributed by atoms with Gasteiger partial charge in [0.05, 0.1) is 11.9 Å². The van der Waals surface area contributed by atoms with Crippen LogP contribution in [0.25, 0.3) is 0 Å². The predicted octanol–water partition coefficient (Wildman–Crippen LogP) is 2.74. The van der Waals surface area contributed by atoms with E-state index in [0.717, 1.165) is 31.0 Å². The third-order valence-corrected chi connectivity index (χ3v) is 4.22. The molecule has 3 aliphatic heterocycles. The van der Waals surface area contributed by atoms with Crippen molar-refractivity contribution in [3.63, 3.8) is 0 Å². The van der Waals surface area contributed by atoms with Crippen molar-refractivity contribution in [2.45, 2.75) is 31.7 Å². The molecular weight excluding hydrogens is 240 g/mol. The lowest BCUT2D eigenvalue weighted by Gasteiger charge is -2.27. The highest BCUT2D eigenvalue weighted by molar-refractivity contribution is 5.84. The lowest BCUT2D eigenvalue weighted by molar-refractivity contribution is 0.174. The number of hydrogen-bond acceptors (Lipinski definition) is 4. The summed E-state index contributed by atoms with van der Waals surface area (Å²) in [5.74, 6) is 3.06. The summed E-state index contributed by atoms with van der Waals surface area (Å²) >= 11 is 0. The van der Waals surface area contributed by atoms with Crippen molar-refractivity contribution in [2.24, 2.45) is 4.99 Å². The Morgan fingerprint density at radius 1 is 1.16 bits per heavy atom. The van der Waals surface area contributed by atoms with E-state index in [2.05, 4.69) is 22.0 Å². The van der Waals surface area contributed by atoms with E-state index in [1.807, 2.05) is 6.07 Å². The highest BCUT2D eigenvalue weighted by Gasteiger charge is 2.30. The number of fused-ring (bicyclic) bond motifs is 1. The first kappa shape index (κ1) is 11.1. The van der Waals surface area contributed by atoms with Crippen LogP contribution in [0.2, 0.25) is 0 Å². The highest BCUT2D eigenvalue weighted by Crippen LogP contribution is 2.39. The fraction of sp³-hybridized carbons (Fsp3) is 0.533. The molecule has 1 aromatic rings. The van der Waals surface area contributed by atoms with Gasteiger partial charge in [-0.05, 0) is 37.0 Å². The number of benzene rings is 1. The van der Waals surface area contributed by atoms with E-state index in [-0.39, 0.29) is 0 Å². The van der Waals surface area contributed by atoms with Crippen LogP contribution in [0.5, 0.6) is 11.5 Å². The molecule has 0 saturated carbocycles. The highest BCUT2D eigenvalue weighted by atomic mass is 16.7. The molecule has 3 aliphatic rings. The average molecular weight is 258 g/mol. The molecule has 0 spiro atoms. The van der Waals surface area contributed by atoms with Gasteiger partial charge in [-0.1, -0.05) is 6.07 Å². The van der Waals surface area contributed by atoms with E-state index < -0.39 is 0 Å². The molecule has 3 heterocycles. The van der Waals surface area contributed by atoms with Gasteiger partial charge in [-0.15, -0.1) is 0 Å². The number of likely N-dealkylation sites (tertiary alicyclic amines) is 1. The van der Waals surface area contributed by atoms with Gasteiger partial charge >= 0.3 is 0 Å². The van der Waals surface area contributed by atoms with E-state index in [9.17, 15) is 0 Å². The quantitative estimate of drug-likeness (QED) is 0.776. The van der Waals surface area contributed by atoms with Crippen LogP contribution in [0.3, 0.4) is 0 Å². The fourth-order valence-corrected chi connectivity index (χ4v) is 3.30. The Bertz CT molecular complexity index is 527. The Balaban J connectivity index is 1.63. The van der Waals surface area contributed by atoms with Crippen molar-refractivity contribution in [2.75, 3.05) is 19.9 Å². The standard InChI is InChI=1S/C15H18N2O2/c1-4-15(16-7-1)17-8-2-3-12(17)11-5-6-13-14(9-11)19-10-18-13/h5-6,9,12H,1-4,7-8,10H2. The molecule has 0 N–H and O–H groups in total. The Hall–Kier alpha value is -1.71. The van der Waals surface area contributed by atoms with Crippen molar-refractivity contribution in [3.8, 4) is 11.5 Å². The van der Waals surface area contributed by atoms with Gasteiger partial charge in [0, 0.05) is 19.5 Å². The number of nitrogens with zero attached hydrogens (tertiary/aromatic N) is 2. The smallest absolute Gasteiger partial charge is 0.231 e. The molecule has 0 amide bonds. The summed E-state index contributed by atoms with van der Waals surface area (Å²) in [7, 11) is 0. The summed E-state index contributed by atoms with van der Waals surface area (Å²) in [4.78, 5) is 7.14. The first-order valence-electron chi connectivity index (χ1n) is 7.11. The molecule has 0 bridgehead atoms. The van der Waals surface area contributed by atoms with Crippen LogP contribution in [0.1, 0.15) is 37.3 Å². The van der Waals surface area contributed by atoms with Gasteiger partial charge in [-0.2, -0.15) is 0 Å². The van der Waals surface area contributed by atoms with Crippen LogP contribution >= 0.6 is 0 Å². The van der Waals surface area contributed by atoms with Crippen molar-refractivity contribution in [1.29, 1.82) is 0 Å². The van der Waals surface area contributed by atoms with E-state index in [0.29, 0.717) is 12.8 Å². The van der Waals surface area contributed by atoms with E-state index in [1.165, 1.54) is 30.7 Å². The van der Waals surface area contributed by atoms with Crippen LogP contribution in [0.4, 0.5) is 0 Å². The molecule has 100 valence electrons. The number of hydrogen-bond donors (Lipinski definition) is 0. The second-order valence-corrected chi connectivity index (χ2v) is 5.37. The summed E-state index contributed by atoms with van der Waals surface area (Å²) in [5, 5.41) is 0. The predicted molar refractivity (Wildman–Crippen MR) is 72.8 cm³/mol. The summed E-state index contributed by atoms with van der Waals surface area (Å²) in [6.45, 7) is 2.48. The Kier molecular flexibility index (Phi) is 2.60. The topological polar surface area (TPSA) is 34.1 Å². The largest absolute Gasteiger partial charge is 0.454 e. The molecule has 1 fully saturated rings. The summed E-state index contributed by atoms with van der Waals surface area (Å²) in [6.07, 6.45) is 4.80. The number of amidine groups is 1. The van der Waals surface area contributed by atoms with E-state index >= 15 is 0 Å². The minimum Gasteiger partial charge on any atom is -0.454 e. The molecule has 1 unspecified atom stereocenters. The van der Waals surface area contributed by atoms with Gasteiger partial charge in [-0.25, -0.2) is 0 Å². The van der Waals surface area contributed by atoms with Crippen LogP contribution in [-0.2, 0) is 0 Å². The Morgan fingerprint density at radius 3 is 3.00 bits per heavy atom. The molecule has 0 radical (unpaired) electrons. The number of rotatable bonds is 1. The molecule has 1 atom stereocenters. The van der Waals surface area contributed by atoms with Gasteiger partial charge in [0.25, 0.3) is 0 Å². The molecule has 0 aliphatic carbocycles. The van der Waals surface area contributed by atoms with Crippen LogP contribution in [0.15, 0.2) is 23.2 Å². The molecule has 4 heteroatoms. The zero-order valence-corrected chi connectivity index (χ0v) is 11.0. The van der Waals surface area contributed by atoms with E-state index in [4.69, 9.17) is 9.47 Å². The molecule has 19 heavy (non-hydrogen) atoms. The Morgan fingerprint density at radius 2 is 2.11 bits per heavy atom. The maximum atomic E-state index is 5.49. The molecule has 4 nitrogen and oxygen atoms in total. The molecule has 4 rings (SSSR count). The first-order chi connectivity index (χ1) is 9.42. The van der Waals surface area contributed by atoms with Crippen LogP contribution in [-0.4, -0.2) is 30.6 Å². The maximum Gasteiger partial charge on any atom is 0.231 e. The van der Waals surface area contributed by atoms with E-state index in [1.54, 1.807) is 0 Å². The van der Waals surface area contributed by atoms with Crippen molar-refractivity contribution >= 4 is 5.84 Å². The Labute approximate surface area is 113 Å². The summed E-state index contributed by atoms with van der Waals surface area (Å²) < 4.78 is 10.9. The molecule has 1 aromatic carbocycles. The van der Waals surface area contributed by atoms with Gasteiger partial charge in [0.2, 0.25) is 6.79 Å². The third kappa shape index (κ3) is 1.86. The van der Waals surface area contributed by atoms with Gasteiger partial charge in [0.15, 0.2) is 11.5 Å². The second kappa shape index (κ2) is 4.44. The minimum absolute atomic E-state index is 0.347. The maximum absolute atomic E-state index is 5.49. The van der Waals surface area contributed by atoms with Gasteiger partial charge in [-0.3, -0.25) is 4.99 Å². The number of aliphatic imine (C=N–C) groups is 1.